The summed E-state index contributed by atoms with van der Waals surface area (Å²) < 4.78 is 0. The number of aliphatic hydroxyl groups excluding tert-OH is 1. The van der Waals surface area contributed by atoms with Crippen molar-refractivity contribution in [1.29, 1.82) is 0 Å². The SMILES string of the molecule is CNC(=O)c1ccc(C(O)c2c[nH]c3ccccc23)cc1. The summed E-state index contributed by atoms with van der Waals surface area (Å²) in [6.07, 6.45) is 1.10. The van der Waals surface area contributed by atoms with Crippen molar-refractivity contribution in [2.45, 2.75) is 6.10 Å². The number of hydrogen-bond acceptors (Lipinski definition) is 2. The van der Waals surface area contributed by atoms with Gasteiger partial charge in [0.15, 0.2) is 0 Å². The molecule has 0 fully saturated rings. The van der Waals surface area contributed by atoms with Gasteiger partial charge in [-0.3, -0.25) is 4.79 Å². The lowest BCUT2D eigenvalue weighted by atomic mass is 10.00. The highest BCUT2D eigenvalue weighted by Crippen LogP contribution is 2.28. The predicted molar refractivity (Wildman–Crippen MR) is 82.2 cm³/mol. The first-order chi connectivity index (χ1) is 10.2. The topological polar surface area (TPSA) is 65.1 Å². The lowest BCUT2D eigenvalue weighted by Crippen LogP contribution is -2.17. The zero-order valence-electron chi connectivity index (χ0n) is 11.6. The third-order valence-corrected chi connectivity index (χ3v) is 3.63. The number of fused-ring (bicyclic) bond motifs is 1. The van der Waals surface area contributed by atoms with Crippen LogP contribution in [0.25, 0.3) is 10.9 Å². The van der Waals surface area contributed by atoms with Gasteiger partial charge in [0.1, 0.15) is 6.10 Å². The molecule has 0 aliphatic heterocycles. The third kappa shape index (κ3) is 2.41. The maximum Gasteiger partial charge on any atom is 0.251 e. The molecule has 3 aromatic rings. The highest BCUT2D eigenvalue weighted by Gasteiger charge is 2.15. The number of aromatic amines is 1. The molecule has 4 nitrogen and oxygen atoms in total. The molecule has 1 amide bonds. The number of benzene rings is 2. The second-order valence-electron chi connectivity index (χ2n) is 4.89. The van der Waals surface area contributed by atoms with E-state index in [1.807, 2.05) is 30.5 Å². The van der Waals surface area contributed by atoms with E-state index in [0.717, 1.165) is 22.0 Å². The van der Waals surface area contributed by atoms with Crippen molar-refractivity contribution in [2.24, 2.45) is 0 Å². The summed E-state index contributed by atoms with van der Waals surface area (Å²) in [5.74, 6) is -0.136. The van der Waals surface area contributed by atoms with E-state index in [9.17, 15) is 9.90 Å². The van der Waals surface area contributed by atoms with E-state index in [0.29, 0.717) is 5.56 Å². The Morgan fingerprint density at radius 3 is 2.57 bits per heavy atom. The van der Waals surface area contributed by atoms with Crippen molar-refractivity contribution in [3.05, 3.63) is 71.4 Å². The smallest absolute Gasteiger partial charge is 0.251 e. The average molecular weight is 280 g/mol. The van der Waals surface area contributed by atoms with Gasteiger partial charge in [0, 0.05) is 35.3 Å². The summed E-state index contributed by atoms with van der Waals surface area (Å²) in [7, 11) is 1.59. The van der Waals surface area contributed by atoms with Crippen LogP contribution >= 0.6 is 0 Å². The van der Waals surface area contributed by atoms with Crippen LogP contribution in [0, 0.1) is 0 Å². The molecule has 0 aliphatic rings. The molecule has 0 saturated heterocycles. The minimum absolute atomic E-state index is 0.136. The molecule has 0 saturated carbocycles. The van der Waals surface area contributed by atoms with Gasteiger partial charge in [-0.1, -0.05) is 30.3 Å². The number of carbonyl (C=O) groups is 1. The van der Waals surface area contributed by atoms with Crippen LogP contribution in [0.1, 0.15) is 27.6 Å². The Balaban J connectivity index is 1.94. The first-order valence-electron chi connectivity index (χ1n) is 6.77. The molecule has 0 radical (unpaired) electrons. The van der Waals surface area contributed by atoms with E-state index >= 15 is 0 Å². The highest BCUT2D eigenvalue weighted by molar-refractivity contribution is 5.94. The van der Waals surface area contributed by atoms with Crippen molar-refractivity contribution in [3.8, 4) is 0 Å². The van der Waals surface area contributed by atoms with E-state index < -0.39 is 6.10 Å². The van der Waals surface area contributed by atoms with Gasteiger partial charge in [0.05, 0.1) is 0 Å². The van der Waals surface area contributed by atoms with E-state index in [-0.39, 0.29) is 5.91 Å². The first kappa shape index (κ1) is 13.4. The van der Waals surface area contributed by atoms with Crippen molar-refractivity contribution in [1.82, 2.24) is 10.3 Å². The zero-order chi connectivity index (χ0) is 14.8. The molecular formula is C17H16N2O2. The van der Waals surface area contributed by atoms with Crippen LogP contribution in [0.4, 0.5) is 0 Å². The molecule has 1 aromatic heterocycles. The Morgan fingerprint density at radius 2 is 1.86 bits per heavy atom. The fourth-order valence-corrected chi connectivity index (χ4v) is 2.46. The number of para-hydroxylation sites is 1. The Kier molecular flexibility index (Phi) is 3.46. The summed E-state index contributed by atoms with van der Waals surface area (Å²) in [5, 5.41) is 14.1. The van der Waals surface area contributed by atoms with Crippen LogP contribution in [0.15, 0.2) is 54.7 Å². The monoisotopic (exact) mass is 280 g/mol. The van der Waals surface area contributed by atoms with Gasteiger partial charge in [-0.05, 0) is 23.8 Å². The zero-order valence-corrected chi connectivity index (χ0v) is 11.6. The highest BCUT2D eigenvalue weighted by atomic mass is 16.3. The normalized spacial score (nSPS) is 12.3. The largest absolute Gasteiger partial charge is 0.384 e. The van der Waals surface area contributed by atoms with Gasteiger partial charge in [-0.15, -0.1) is 0 Å². The van der Waals surface area contributed by atoms with E-state index in [1.165, 1.54) is 0 Å². The van der Waals surface area contributed by atoms with Gasteiger partial charge in [0.25, 0.3) is 5.91 Å². The Labute approximate surface area is 122 Å². The van der Waals surface area contributed by atoms with Gasteiger partial charge in [0.2, 0.25) is 0 Å². The lowest BCUT2D eigenvalue weighted by molar-refractivity contribution is 0.0963. The fraction of sp³-hybridized carbons (Fsp3) is 0.118. The lowest BCUT2D eigenvalue weighted by Gasteiger charge is -2.11. The maximum absolute atomic E-state index is 11.5. The van der Waals surface area contributed by atoms with Crippen LogP contribution in [0.2, 0.25) is 0 Å². The van der Waals surface area contributed by atoms with Crippen molar-refractivity contribution >= 4 is 16.8 Å². The quantitative estimate of drug-likeness (QED) is 0.690. The third-order valence-electron chi connectivity index (χ3n) is 3.63. The fourth-order valence-electron chi connectivity index (χ4n) is 2.46. The molecule has 1 heterocycles. The predicted octanol–water partition coefficient (Wildman–Crippen LogP) is 2.61. The van der Waals surface area contributed by atoms with Gasteiger partial charge >= 0.3 is 0 Å². The summed E-state index contributed by atoms with van der Waals surface area (Å²) in [5.41, 5.74) is 3.16. The first-order valence-corrected chi connectivity index (χ1v) is 6.77. The van der Waals surface area contributed by atoms with E-state index in [1.54, 1.807) is 31.3 Å². The number of H-pyrrole nitrogens is 1. The molecule has 2 aromatic carbocycles. The molecular weight excluding hydrogens is 264 g/mol. The van der Waals surface area contributed by atoms with Crippen molar-refractivity contribution in [3.63, 3.8) is 0 Å². The molecule has 21 heavy (non-hydrogen) atoms. The second-order valence-corrected chi connectivity index (χ2v) is 4.89. The van der Waals surface area contributed by atoms with E-state index in [4.69, 9.17) is 0 Å². The summed E-state index contributed by atoms with van der Waals surface area (Å²) in [4.78, 5) is 14.7. The molecule has 106 valence electrons. The van der Waals surface area contributed by atoms with Crippen LogP contribution in [0.3, 0.4) is 0 Å². The number of carbonyl (C=O) groups excluding carboxylic acids is 1. The Hall–Kier alpha value is -2.59. The number of aromatic nitrogens is 1. The molecule has 3 rings (SSSR count). The minimum atomic E-state index is -0.722. The molecule has 4 heteroatoms. The maximum atomic E-state index is 11.5. The molecule has 0 aliphatic carbocycles. The summed E-state index contributed by atoms with van der Waals surface area (Å²) in [6, 6.07) is 14.8. The van der Waals surface area contributed by atoms with Gasteiger partial charge in [-0.2, -0.15) is 0 Å². The minimum Gasteiger partial charge on any atom is -0.384 e. The van der Waals surface area contributed by atoms with Crippen LogP contribution in [-0.4, -0.2) is 23.0 Å². The average Bonchev–Trinajstić information content (AvgIpc) is 2.97. The van der Waals surface area contributed by atoms with Crippen molar-refractivity contribution < 1.29 is 9.90 Å². The Bertz CT molecular complexity index is 775. The number of amides is 1. The molecule has 1 unspecified atom stereocenters. The number of rotatable bonds is 3. The van der Waals surface area contributed by atoms with Crippen molar-refractivity contribution in [2.75, 3.05) is 7.05 Å². The van der Waals surface area contributed by atoms with E-state index in [2.05, 4.69) is 10.3 Å². The Morgan fingerprint density at radius 1 is 1.14 bits per heavy atom. The number of hydrogen-bond donors (Lipinski definition) is 3. The number of aliphatic hydroxyl groups is 1. The molecule has 0 bridgehead atoms. The van der Waals surface area contributed by atoms with Crippen LogP contribution < -0.4 is 5.32 Å². The molecule has 3 N–H and O–H groups in total. The summed E-state index contributed by atoms with van der Waals surface area (Å²) >= 11 is 0. The van der Waals surface area contributed by atoms with Gasteiger partial charge < -0.3 is 15.4 Å². The standard InChI is InChI=1S/C17H16N2O2/c1-18-17(21)12-8-6-11(7-9-12)16(20)14-10-19-15-5-3-2-4-13(14)15/h2-10,16,19-20H,1H3,(H,18,21). The molecule has 0 spiro atoms. The second kappa shape index (κ2) is 5.42. The van der Waals surface area contributed by atoms with Crippen LogP contribution in [0.5, 0.6) is 0 Å². The van der Waals surface area contributed by atoms with Gasteiger partial charge in [-0.25, -0.2) is 0 Å². The summed E-state index contributed by atoms with van der Waals surface area (Å²) in [6.45, 7) is 0. The van der Waals surface area contributed by atoms with Crippen LogP contribution in [-0.2, 0) is 0 Å². The molecule has 1 atom stereocenters. The number of nitrogens with one attached hydrogen (secondary N) is 2.